The first-order chi connectivity index (χ1) is 8.53. The van der Waals surface area contributed by atoms with Crippen molar-refractivity contribution in [3.05, 3.63) is 15.9 Å². The van der Waals surface area contributed by atoms with Crippen LogP contribution < -0.4 is 5.32 Å². The molecule has 1 aromatic heterocycles. The van der Waals surface area contributed by atoms with Crippen LogP contribution in [0.15, 0.2) is 4.47 Å². The molecule has 0 aromatic carbocycles. The predicted octanol–water partition coefficient (Wildman–Crippen LogP) is 2.33. The van der Waals surface area contributed by atoms with Crippen molar-refractivity contribution in [1.82, 2.24) is 15.1 Å². The summed E-state index contributed by atoms with van der Waals surface area (Å²) >= 11 is 3.58. The molecule has 2 atom stereocenters. The molecule has 1 aliphatic carbocycles. The second kappa shape index (κ2) is 5.31. The van der Waals surface area contributed by atoms with Crippen LogP contribution in [0, 0.1) is 13.8 Å². The Bertz CT molecular complexity index is 426. The Labute approximate surface area is 117 Å². The van der Waals surface area contributed by atoms with Crippen molar-refractivity contribution in [2.75, 3.05) is 13.7 Å². The summed E-state index contributed by atoms with van der Waals surface area (Å²) in [5.74, 6) is 0. The molecular formula is C13H22BrN3O. The summed E-state index contributed by atoms with van der Waals surface area (Å²) in [6.07, 6.45) is 4.24. The van der Waals surface area contributed by atoms with Gasteiger partial charge in [-0.15, -0.1) is 0 Å². The number of hydrogen-bond donors (Lipinski definition) is 2. The Morgan fingerprint density at radius 3 is 2.78 bits per heavy atom. The molecule has 2 rings (SSSR count). The Morgan fingerprint density at radius 1 is 1.56 bits per heavy atom. The van der Waals surface area contributed by atoms with E-state index in [-0.39, 0.29) is 12.1 Å². The minimum atomic E-state index is -0.137. The van der Waals surface area contributed by atoms with E-state index in [4.69, 9.17) is 0 Å². The zero-order valence-electron chi connectivity index (χ0n) is 11.3. The van der Waals surface area contributed by atoms with Gasteiger partial charge in [0, 0.05) is 5.54 Å². The van der Waals surface area contributed by atoms with Gasteiger partial charge in [-0.2, -0.15) is 5.10 Å². The minimum Gasteiger partial charge on any atom is -0.394 e. The predicted molar refractivity (Wildman–Crippen MR) is 75.8 cm³/mol. The van der Waals surface area contributed by atoms with Crippen LogP contribution in [0.25, 0.3) is 0 Å². The van der Waals surface area contributed by atoms with Crippen LogP contribution in [0.3, 0.4) is 0 Å². The molecular weight excluding hydrogens is 294 g/mol. The quantitative estimate of drug-likeness (QED) is 0.900. The molecule has 18 heavy (non-hydrogen) atoms. The molecule has 0 amide bonds. The first-order valence-electron chi connectivity index (χ1n) is 6.54. The molecule has 4 nitrogen and oxygen atoms in total. The highest BCUT2D eigenvalue weighted by Gasteiger charge is 2.36. The zero-order chi connectivity index (χ0) is 13.3. The minimum absolute atomic E-state index is 0.137. The molecule has 0 aliphatic heterocycles. The lowest BCUT2D eigenvalue weighted by Gasteiger charge is -2.40. The molecule has 102 valence electrons. The van der Waals surface area contributed by atoms with Gasteiger partial charge in [0.25, 0.3) is 0 Å². The van der Waals surface area contributed by atoms with E-state index in [9.17, 15) is 5.11 Å². The van der Waals surface area contributed by atoms with E-state index in [2.05, 4.69) is 38.0 Å². The zero-order valence-corrected chi connectivity index (χ0v) is 12.9. The van der Waals surface area contributed by atoms with Gasteiger partial charge in [-0.1, -0.05) is 0 Å². The molecule has 5 heteroatoms. The largest absolute Gasteiger partial charge is 0.394 e. The molecule has 1 aliphatic rings. The normalized spacial score (nSPS) is 28.6. The lowest BCUT2D eigenvalue weighted by atomic mass is 9.79. The number of aliphatic hydroxyl groups is 1. The van der Waals surface area contributed by atoms with Crippen LogP contribution in [0.2, 0.25) is 0 Å². The number of nitrogens with zero attached hydrogens (tertiary/aromatic N) is 2. The van der Waals surface area contributed by atoms with Crippen molar-refractivity contribution in [1.29, 1.82) is 0 Å². The highest BCUT2D eigenvalue weighted by atomic mass is 79.9. The molecule has 1 heterocycles. The Hall–Kier alpha value is -0.390. The average Bonchev–Trinajstić information content (AvgIpc) is 2.66. The van der Waals surface area contributed by atoms with E-state index in [0.29, 0.717) is 6.04 Å². The van der Waals surface area contributed by atoms with Gasteiger partial charge in [-0.25, -0.2) is 0 Å². The first kappa shape index (κ1) is 14.0. The second-order valence-corrected chi connectivity index (χ2v) is 6.16. The Balaban J connectivity index is 2.25. The molecule has 0 radical (unpaired) electrons. The molecule has 0 bridgehead atoms. The first-order valence-corrected chi connectivity index (χ1v) is 7.33. The number of aliphatic hydroxyl groups excluding tert-OH is 1. The topological polar surface area (TPSA) is 50.1 Å². The number of likely N-dealkylation sites (N-methyl/N-ethyl adjacent to an activating group) is 1. The Kier molecular flexibility index (Phi) is 4.14. The maximum Gasteiger partial charge on any atom is 0.0738 e. The highest BCUT2D eigenvalue weighted by Crippen LogP contribution is 2.36. The van der Waals surface area contributed by atoms with Gasteiger partial charge in [0.2, 0.25) is 0 Å². The molecule has 2 N–H and O–H groups in total. The fraction of sp³-hybridized carbons (Fsp3) is 0.769. The number of nitrogens with one attached hydrogen (secondary N) is 1. The highest BCUT2D eigenvalue weighted by molar-refractivity contribution is 9.10. The Morgan fingerprint density at radius 2 is 2.28 bits per heavy atom. The van der Waals surface area contributed by atoms with Gasteiger partial charge >= 0.3 is 0 Å². The molecule has 2 unspecified atom stereocenters. The van der Waals surface area contributed by atoms with E-state index in [1.807, 2.05) is 14.0 Å². The summed E-state index contributed by atoms with van der Waals surface area (Å²) in [6, 6.07) is 0.378. The number of aryl methyl sites for hydroxylation is 1. The van der Waals surface area contributed by atoms with E-state index in [0.717, 1.165) is 35.8 Å². The fourth-order valence-electron chi connectivity index (χ4n) is 2.99. The molecule has 1 aromatic rings. The standard InChI is InChI=1S/C13H22BrN3O/c1-9-12(14)10(2)17(16-9)11-5-4-6-13(7-11,8-18)15-3/h11,15,18H,4-8H2,1-3H3. The van der Waals surface area contributed by atoms with E-state index >= 15 is 0 Å². The SMILES string of the molecule is CNC1(CO)CCCC(n2nc(C)c(Br)c2C)C1. The lowest BCUT2D eigenvalue weighted by molar-refractivity contribution is 0.101. The molecule has 0 spiro atoms. The third-order valence-corrected chi connectivity index (χ3v) is 5.38. The summed E-state index contributed by atoms with van der Waals surface area (Å²) in [4.78, 5) is 0. The number of hydrogen-bond acceptors (Lipinski definition) is 3. The van der Waals surface area contributed by atoms with Gasteiger partial charge in [0.15, 0.2) is 0 Å². The van der Waals surface area contributed by atoms with E-state index in [1.54, 1.807) is 0 Å². The van der Waals surface area contributed by atoms with Crippen molar-refractivity contribution < 1.29 is 5.11 Å². The summed E-state index contributed by atoms with van der Waals surface area (Å²) in [7, 11) is 1.94. The fourth-order valence-corrected chi connectivity index (χ4v) is 3.25. The number of rotatable bonds is 3. The van der Waals surface area contributed by atoms with Crippen molar-refractivity contribution in [2.24, 2.45) is 0 Å². The van der Waals surface area contributed by atoms with Crippen molar-refractivity contribution in [3.63, 3.8) is 0 Å². The summed E-state index contributed by atoms with van der Waals surface area (Å²) < 4.78 is 3.23. The molecule has 0 saturated heterocycles. The lowest BCUT2D eigenvalue weighted by Crippen LogP contribution is -2.50. The average molecular weight is 316 g/mol. The van der Waals surface area contributed by atoms with Gasteiger partial charge in [-0.05, 0) is 62.5 Å². The van der Waals surface area contributed by atoms with Crippen molar-refractivity contribution in [2.45, 2.75) is 51.1 Å². The molecule has 1 fully saturated rings. The van der Waals surface area contributed by atoms with E-state index in [1.165, 1.54) is 5.69 Å². The third-order valence-electron chi connectivity index (χ3n) is 4.23. The number of aromatic nitrogens is 2. The summed E-state index contributed by atoms with van der Waals surface area (Å²) in [5, 5.41) is 17.6. The van der Waals surface area contributed by atoms with Gasteiger partial charge in [0.05, 0.1) is 28.5 Å². The summed E-state index contributed by atoms with van der Waals surface area (Å²) in [6.45, 7) is 4.31. The molecule has 1 saturated carbocycles. The second-order valence-electron chi connectivity index (χ2n) is 5.37. The van der Waals surface area contributed by atoms with Crippen LogP contribution in [-0.2, 0) is 0 Å². The van der Waals surface area contributed by atoms with Crippen LogP contribution in [0.1, 0.15) is 43.1 Å². The monoisotopic (exact) mass is 315 g/mol. The van der Waals surface area contributed by atoms with Crippen LogP contribution in [0.4, 0.5) is 0 Å². The van der Waals surface area contributed by atoms with Gasteiger partial charge in [0.1, 0.15) is 0 Å². The van der Waals surface area contributed by atoms with Gasteiger partial charge in [-0.3, -0.25) is 4.68 Å². The van der Waals surface area contributed by atoms with Crippen LogP contribution >= 0.6 is 15.9 Å². The van der Waals surface area contributed by atoms with E-state index < -0.39 is 0 Å². The van der Waals surface area contributed by atoms with Crippen LogP contribution in [-0.4, -0.2) is 34.1 Å². The maximum atomic E-state index is 9.63. The van der Waals surface area contributed by atoms with Crippen molar-refractivity contribution >= 4 is 15.9 Å². The summed E-state index contributed by atoms with van der Waals surface area (Å²) in [5.41, 5.74) is 2.08. The van der Waals surface area contributed by atoms with Crippen molar-refractivity contribution in [3.8, 4) is 0 Å². The van der Waals surface area contributed by atoms with Gasteiger partial charge < -0.3 is 10.4 Å². The smallest absolute Gasteiger partial charge is 0.0738 e. The van der Waals surface area contributed by atoms with Crippen LogP contribution in [0.5, 0.6) is 0 Å². The number of halogens is 1. The maximum absolute atomic E-state index is 9.63. The third kappa shape index (κ3) is 2.36.